The first-order valence-corrected chi connectivity index (χ1v) is 2.48. The number of nitrogens with one attached hydrogen (secondary N) is 1. The van der Waals surface area contributed by atoms with Gasteiger partial charge in [0.15, 0.2) is 0 Å². The molecule has 0 saturated carbocycles. The van der Waals surface area contributed by atoms with Gasteiger partial charge in [0.1, 0.15) is 6.34 Å². The van der Waals surface area contributed by atoms with Crippen LogP contribution in [0.4, 0.5) is 0 Å². The lowest BCUT2D eigenvalue weighted by Crippen LogP contribution is -1.87. The average molecular weight is 123 g/mol. The van der Waals surface area contributed by atoms with Gasteiger partial charge in [-0.1, -0.05) is 6.58 Å². The van der Waals surface area contributed by atoms with Crippen LogP contribution in [0.5, 0.6) is 0 Å². The molecule has 0 spiro atoms. The lowest BCUT2D eigenvalue weighted by Gasteiger charge is -1.76. The van der Waals surface area contributed by atoms with Gasteiger partial charge in [-0.25, -0.2) is 9.98 Å². The van der Waals surface area contributed by atoms with Gasteiger partial charge in [0.05, 0.1) is 0 Å². The number of hydrogen-bond acceptors (Lipinski definition) is 2. The molecular formula is C6H9N3. The predicted molar refractivity (Wildman–Crippen MR) is 40.6 cm³/mol. The third kappa shape index (κ3) is 6.75. The van der Waals surface area contributed by atoms with Gasteiger partial charge in [-0.05, 0) is 6.92 Å². The summed E-state index contributed by atoms with van der Waals surface area (Å²) in [7, 11) is 0. The van der Waals surface area contributed by atoms with E-state index in [2.05, 4.69) is 16.6 Å². The van der Waals surface area contributed by atoms with E-state index in [9.17, 15) is 0 Å². The third-order valence-electron chi connectivity index (χ3n) is 0.507. The highest BCUT2D eigenvalue weighted by Crippen LogP contribution is 1.66. The van der Waals surface area contributed by atoms with Crippen LogP contribution in [0, 0.1) is 5.41 Å². The summed E-state index contributed by atoms with van der Waals surface area (Å²) >= 11 is 0. The Hall–Kier alpha value is -1.25. The average Bonchev–Trinajstić information content (AvgIpc) is 1.80. The molecule has 3 heteroatoms. The fourth-order valence-electron chi connectivity index (χ4n) is 0.231. The van der Waals surface area contributed by atoms with Gasteiger partial charge >= 0.3 is 0 Å². The van der Waals surface area contributed by atoms with E-state index >= 15 is 0 Å². The Morgan fingerprint density at radius 1 is 1.56 bits per heavy atom. The topological polar surface area (TPSA) is 48.6 Å². The van der Waals surface area contributed by atoms with E-state index in [4.69, 9.17) is 5.41 Å². The molecule has 0 fully saturated rings. The van der Waals surface area contributed by atoms with E-state index in [1.165, 1.54) is 18.8 Å². The summed E-state index contributed by atoms with van der Waals surface area (Å²) in [6.45, 7) is 5.00. The largest absolute Gasteiger partial charge is 0.304 e. The summed E-state index contributed by atoms with van der Waals surface area (Å²) in [6.07, 6.45) is 4.13. The van der Waals surface area contributed by atoms with E-state index in [1.54, 1.807) is 6.92 Å². The Labute approximate surface area is 54.4 Å². The van der Waals surface area contributed by atoms with Gasteiger partial charge < -0.3 is 5.41 Å². The standard InChI is InChI=1S/C6H9N3/c1-3-8-5-9-4-6(2)7/h3-5,7H,1H2,2H3/b7-6?,8-5-,9-4-. The fourth-order valence-corrected chi connectivity index (χ4v) is 0.231. The van der Waals surface area contributed by atoms with Gasteiger partial charge in [-0.2, -0.15) is 0 Å². The summed E-state index contributed by atoms with van der Waals surface area (Å²) < 4.78 is 0. The minimum atomic E-state index is 0.408. The van der Waals surface area contributed by atoms with Crippen molar-refractivity contribution in [2.45, 2.75) is 6.92 Å². The van der Waals surface area contributed by atoms with Crippen LogP contribution in [-0.4, -0.2) is 18.3 Å². The number of hydrogen-bond donors (Lipinski definition) is 1. The van der Waals surface area contributed by atoms with Crippen molar-refractivity contribution < 1.29 is 0 Å². The predicted octanol–water partition coefficient (Wildman–Crippen LogP) is 1.27. The molecule has 0 radical (unpaired) electrons. The maximum Gasteiger partial charge on any atom is 0.115 e. The van der Waals surface area contributed by atoms with Gasteiger partial charge in [0, 0.05) is 18.1 Å². The fraction of sp³-hybridized carbons (Fsp3) is 0.167. The van der Waals surface area contributed by atoms with E-state index in [0.717, 1.165) is 0 Å². The zero-order valence-electron chi connectivity index (χ0n) is 5.33. The Bertz CT molecular complexity index is 156. The highest BCUT2D eigenvalue weighted by molar-refractivity contribution is 6.29. The van der Waals surface area contributed by atoms with Crippen LogP contribution in [0.25, 0.3) is 0 Å². The van der Waals surface area contributed by atoms with Crippen molar-refractivity contribution in [2.75, 3.05) is 0 Å². The molecule has 48 valence electrons. The Balaban J connectivity index is 3.59. The maximum atomic E-state index is 6.89. The van der Waals surface area contributed by atoms with Crippen molar-refractivity contribution in [1.29, 1.82) is 5.41 Å². The van der Waals surface area contributed by atoms with Crippen LogP contribution in [0.1, 0.15) is 6.92 Å². The molecule has 0 aromatic carbocycles. The number of aliphatic imine (C=N–C) groups is 2. The molecule has 0 aromatic rings. The maximum absolute atomic E-state index is 6.89. The first-order valence-electron chi connectivity index (χ1n) is 2.48. The monoisotopic (exact) mass is 123 g/mol. The molecule has 0 aromatic heterocycles. The van der Waals surface area contributed by atoms with Crippen molar-refractivity contribution in [3.8, 4) is 0 Å². The quantitative estimate of drug-likeness (QED) is 0.434. The highest BCUT2D eigenvalue weighted by Gasteiger charge is 1.71. The summed E-state index contributed by atoms with van der Waals surface area (Å²) in [5, 5.41) is 6.89. The van der Waals surface area contributed by atoms with Crippen LogP contribution >= 0.6 is 0 Å². The summed E-state index contributed by atoms with van der Waals surface area (Å²) in [5.74, 6) is 0. The van der Waals surface area contributed by atoms with Crippen molar-refractivity contribution >= 4 is 18.3 Å². The molecule has 0 unspecified atom stereocenters. The van der Waals surface area contributed by atoms with Gasteiger partial charge in [-0.15, -0.1) is 0 Å². The van der Waals surface area contributed by atoms with Crippen molar-refractivity contribution in [3.63, 3.8) is 0 Å². The summed E-state index contributed by atoms with van der Waals surface area (Å²) in [6, 6.07) is 0. The molecule has 0 rings (SSSR count). The van der Waals surface area contributed by atoms with Crippen LogP contribution in [0.3, 0.4) is 0 Å². The zero-order valence-corrected chi connectivity index (χ0v) is 5.33. The molecule has 0 aliphatic carbocycles. The second-order valence-corrected chi connectivity index (χ2v) is 1.41. The van der Waals surface area contributed by atoms with Crippen molar-refractivity contribution in [1.82, 2.24) is 0 Å². The number of nitrogens with zero attached hydrogens (tertiary/aromatic N) is 2. The molecule has 9 heavy (non-hydrogen) atoms. The minimum Gasteiger partial charge on any atom is -0.304 e. The van der Waals surface area contributed by atoms with Gasteiger partial charge in [0.2, 0.25) is 0 Å². The summed E-state index contributed by atoms with van der Waals surface area (Å²) in [4.78, 5) is 7.24. The smallest absolute Gasteiger partial charge is 0.115 e. The normalized spacial score (nSPS) is 10.8. The second kappa shape index (κ2) is 4.90. The van der Waals surface area contributed by atoms with Crippen LogP contribution in [0.15, 0.2) is 22.8 Å². The van der Waals surface area contributed by atoms with E-state index in [-0.39, 0.29) is 0 Å². The lowest BCUT2D eigenvalue weighted by atomic mass is 10.5. The van der Waals surface area contributed by atoms with Gasteiger partial charge in [-0.3, -0.25) is 0 Å². The molecule has 0 aliphatic heterocycles. The van der Waals surface area contributed by atoms with Crippen LogP contribution in [0.2, 0.25) is 0 Å². The Kier molecular flexibility index (Phi) is 4.22. The highest BCUT2D eigenvalue weighted by atomic mass is 14.8. The minimum absolute atomic E-state index is 0.408. The first kappa shape index (κ1) is 7.75. The lowest BCUT2D eigenvalue weighted by molar-refractivity contribution is 1.51. The molecule has 0 aliphatic rings. The van der Waals surface area contributed by atoms with Crippen molar-refractivity contribution in [3.05, 3.63) is 12.8 Å². The Morgan fingerprint density at radius 2 is 2.22 bits per heavy atom. The second-order valence-electron chi connectivity index (χ2n) is 1.41. The molecule has 0 amide bonds. The summed E-state index contributed by atoms with van der Waals surface area (Å²) in [5.41, 5.74) is 0.408. The third-order valence-corrected chi connectivity index (χ3v) is 0.507. The van der Waals surface area contributed by atoms with Gasteiger partial charge in [0.25, 0.3) is 0 Å². The molecule has 0 atom stereocenters. The molecule has 0 saturated heterocycles. The molecule has 0 heterocycles. The zero-order chi connectivity index (χ0) is 7.11. The van der Waals surface area contributed by atoms with Crippen LogP contribution < -0.4 is 0 Å². The molecule has 0 bridgehead atoms. The SMILES string of the molecule is C=C/N=C\N=C/C(C)=N. The molecular weight excluding hydrogens is 114 g/mol. The van der Waals surface area contributed by atoms with E-state index in [1.807, 2.05) is 0 Å². The molecule has 3 nitrogen and oxygen atoms in total. The molecule has 1 N–H and O–H groups in total. The van der Waals surface area contributed by atoms with E-state index < -0.39 is 0 Å². The Morgan fingerprint density at radius 3 is 2.67 bits per heavy atom. The first-order chi connectivity index (χ1) is 4.27. The van der Waals surface area contributed by atoms with Crippen molar-refractivity contribution in [2.24, 2.45) is 9.98 Å². The van der Waals surface area contributed by atoms with E-state index in [0.29, 0.717) is 5.71 Å². The number of rotatable bonds is 3. The van der Waals surface area contributed by atoms with Crippen LogP contribution in [-0.2, 0) is 0 Å².